The SMILES string of the molecule is CC(NC(=O)CCl)C(=O)NC(C)(C)C. The lowest BCUT2D eigenvalue weighted by Gasteiger charge is -2.23. The molecule has 0 aromatic heterocycles. The lowest BCUT2D eigenvalue weighted by Crippen LogP contribution is -2.51. The van der Waals surface area contributed by atoms with E-state index in [-0.39, 0.29) is 23.2 Å². The fraction of sp³-hybridized carbons (Fsp3) is 0.778. The van der Waals surface area contributed by atoms with Gasteiger partial charge in [0.05, 0.1) is 0 Å². The third-order valence-electron chi connectivity index (χ3n) is 1.39. The minimum Gasteiger partial charge on any atom is -0.350 e. The van der Waals surface area contributed by atoms with Gasteiger partial charge in [0.15, 0.2) is 0 Å². The van der Waals surface area contributed by atoms with Crippen LogP contribution in [0.5, 0.6) is 0 Å². The molecule has 1 unspecified atom stereocenters. The molecule has 2 N–H and O–H groups in total. The lowest BCUT2D eigenvalue weighted by atomic mass is 10.1. The summed E-state index contributed by atoms with van der Waals surface area (Å²) in [5, 5.41) is 5.22. The van der Waals surface area contributed by atoms with Crippen LogP contribution in [0.3, 0.4) is 0 Å². The van der Waals surface area contributed by atoms with Crippen LogP contribution in [0.1, 0.15) is 27.7 Å². The number of carbonyl (C=O) groups is 2. The van der Waals surface area contributed by atoms with Gasteiger partial charge in [-0.15, -0.1) is 11.6 Å². The molecule has 0 radical (unpaired) electrons. The number of hydrogen-bond donors (Lipinski definition) is 2. The van der Waals surface area contributed by atoms with Crippen molar-refractivity contribution < 1.29 is 9.59 Å². The molecule has 0 aliphatic heterocycles. The van der Waals surface area contributed by atoms with Crippen molar-refractivity contribution >= 4 is 23.4 Å². The molecule has 0 saturated carbocycles. The van der Waals surface area contributed by atoms with Crippen molar-refractivity contribution in [3.8, 4) is 0 Å². The van der Waals surface area contributed by atoms with E-state index in [0.717, 1.165) is 0 Å². The van der Waals surface area contributed by atoms with Gasteiger partial charge in [0.25, 0.3) is 0 Å². The Morgan fingerprint density at radius 1 is 1.36 bits per heavy atom. The second-order valence-electron chi connectivity index (χ2n) is 4.16. The highest BCUT2D eigenvalue weighted by Gasteiger charge is 2.19. The minimum absolute atomic E-state index is 0.132. The van der Waals surface area contributed by atoms with Gasteiger partial charge in [-0.25, -0.2) is 0 Å². The maximum Gasteiger partial charge on any atom is 0.242 e. The first-order chi connectivity index (χ1) is 6.26. The molecule has 0 saturated heterocycles. The third kappa shape index (κ3) is 5.80. The zero-order valence-electron chi connectivity index (χ0n) is 8.98. The first-order valence-corrected chi connectivity index (χ1v) is 4.97. The van der Waals surface area contributed by atoms with Crippen molar-refractivity contribution in [2.75, 3.05) is 5.88 Å². The van der Waals surface area contributed by atoms with Crippen molar-refractivity contribution in [3.05, 3.63) is 0 Å². The Hall–Kier alpha value is -0.770. The molecule has 14 heavy (non-hydrogen) atoms. The highest BCUT2D eigenvalue weighted by Crippen LogP contribution is 1.99. The predicted molar refractivity (Wildman–Crippen MR) is 56.2 cm³/mol. The zero-order chi connectivity index (χ0) is 11.4. The Morgan fingerprint density at radius 3 is 2.21 bits per heavy atom. The van der Waals surface area contributed by atoms with Gasteiger partial charge < -0.3 is 10.6 Å². The second kappa shape index (κ2) is 5.20. The fourth-order valence-electron chi connectivity index (χ4n) is 0.823. The normalized spacial score (nSPS) is 13.2. The summed E-state index contributed by atoms with van der Waals surface area (Å²) in [6, 6.07) is -0.555. The fourth-order valence-corrected chi connectivity index (χ4v) is 0.901. The highest BCUT2D eigenvalue weighted by molar-refractivity contribution is 6.27. The van der Waals surface area contributed by atoms with Gasteiger partial charge in [-0.1, -0.05) is 0 Å². The predicted octanol–water partition coefficient (Wildman–Crippen LogP) is 0.645. The number of carbonyl (C=O) groups excluding carboxylic acids is 2. The van der Waals surface area contributed by atoms with Crippen molar-refractivity contribution in [1.29, 1.82) is 0 Å². The van der Waals surface area contributed by atoms with Crippen LogP contribution in [0.2, 0.25) is 0 Å². The average Bonchev–Trinajstić information content (AvgIpc) is 2.00. The Kier molecular flexibility index (Phi) is 4.91. The quantitative estimate of drug-likeness (QED) is 0.686. The molecule has 0 bridgehead atoms. The number of rotatable bonds is 3. The van der Waals surface area contributed by atoms with Crippen molar-refractivity contribution in [3.63, 3.8) is 0 Å². The molecule has 2 amide bonds. The summed E-state index contributed by atoms with van der Waals surface area (Å²) < 4.78 is 0. The zero-order valence-corrected chi connectivity index (χ0v) is 9.73. The van der Waals surface area contributed by atoms with E-state index in [4.69, 9.17) is 11.6 Å². The van der Waals surface area contributed by atoms with Crippen LogP contribution in [0.4, 0.5) is 0 Å². The maximum absolute atomic E-state index is 11.4. The molecule has 0 rings (SSSR count). The molecular formula is C9H17ClN2O2. The van der Waals surface area contributed by atoms with Gasteiger partial charge in [-0.3, -0.25) is 9.59 Å². The van der Waals surface area contributed by atoms with E-state index >= 15 is 0 Å². The summed E-state index contributed by atoms with van der Waals surface area (Å²) in [5.74, 6) is -0.688. The van der Waals surface area contributed by atoms with Crippen LogP contribution >= 0.6 is 11.6 Å². The van der Waals surface area contributed by atoms with Gasteiger partial charge in [-0.2, -0.15) is 0 Å². The van der Waals surface area contributed by atoms with Crippen LogP contribution in [-0.2, 0) is 9.59 Å². The smallest absolute Gasteiger partial charge is 0.242 e. The number of amides is 2. The molecule has 5 heteroatoms. The molecule has 0 aromatic carbocycles. The Balaban J connectivity index is 4.07. The Bertz CT molecular complexity index is 223. The summed E-state index contributed by atoms with van der Waals surface area (Å²) in [4.78, 5) is 22.3. The van der Waals surface area contributed by atoms with Crippen molar-refractivity contribution in [1.82, 2.24) is 10.6 Å². The number of nitrogens with one attached hydrogen (secondary N) is 2. The Morgan fingerprint density at radius 2 is 1.86 bits per heavy atom. The lowest BCUT2D eigenvalue weighted by molar-refractivity contribution is -0.128. The van der Waals surface area contributed by atoms with Crippen LogP contribution in [0, 0.1) is 0 Å². The molecule has 0 fully saturated rings. The molecule has 0 aliphatic rings. The molecule has 0 heterocycles. The largest absolute Gasteiger partial charge is 0.350 e. The van der Waals surface area contributed by atoms with Gasteiger partial charge in [0, 0.05) is 5.54 Å². The summed E-state index contributed by atoms with van der Waals surface area (Å²) in [7, 11) is 0. The Labute approximate surface area is 89.4 Å². The van der Waals surface area contributed by atoms with E-state index in [1.807, 2.05) is 20.8 Å². The molecule has 0 spiro atoms. The van der Waals surface area contributed by atoms with E-state index in [1.165, 1.54) is 0 Å². The molecule has 0 aliphatic carbocycles. The van der Waals surface area contributed by atoms with E-state index in [9.17, 15) is 9.59 Å². The van der Waals surface area contributed by atoms with Crippen LogP contribution < -0.4 is 10.6 Å². The van der Waals surface area contributed by atoms with Gasteiger partial charge >= 0.3 is 0 Å². The number of halogens is 1. The van der Waals surface area contributed by atoms with Crippen LogP contribution in [0.15, 0.2) is 0 Å². The van der Waals surface area contributed by atoms with E-state index in [0.29, 0.717) is 0 Å². The molecule has 0 aromatic rings. The van der Waals surface area contributed by atoms with E-state index in [1.54, 1.807) is 6.92 Å². The van der Waals surface area contributed by atoms with Crippen molar-refractivity contribution in [2.45, 2.75) is 39.3 Å². The number of hydrogen-bond acceptors (Lipinski definition) is 2. The van der Waals surface area contributed by atoms with Crippen LogP contribution in [-0.4, -0.2) is 29.3 Å². The topological polar surface area (TPSA) is 58.2 Å². The van der Waals surface area contributed by atoms with Gasteiger partial charge in [0.2, 0.25) is 11.8 Å². The first kappa shape index (κ1) is 13.2. The summed E-state index contributed by atoms with van der Waals surface area (Å²) >= 11 is 5.29. The highest BCUT2D eigenvalue weighted by atomic mass is 35.5. The molecule has 82 valence electrons. The summed E-state index contributed by atoms with van der Waals surface area (Å²) in [6.45, 7) is 7.24. The first-order valence-electron chi connectivity index (χ1n) is 4.43. The minimum atomic E-state index is -0.555. The monoisotopic (exact) mass is 220 g/mol. The molecule has 4 nitrogen and oxygen atoms in total. The summed E-state index contributed by atoms with van der Waals surface area (Å²) in [6.07, 6.45) is 0. The van der Waals surface area contributed by atoms with E-state index < -0.39 is 6.04 Å². The average molecular weight is 221 g/mol. The van der Waals surface area contributed by atoms with Crippen LogP contribution in [0.25, 0.3) is 0 Å². The molecule has 1 atom stereocenters. The van der Waals surface area contributed by atoms with Gasteiger partial charge in [-0.05, 0) is 27.7 Å². The standard InChI is InChI=1S/C9H17ClN2O2/c1-6(11-7(13)5-10)8(14)12-9(2,3)4/h6H,5H2,1-4H3,(H,11,13)(H,12,14). The van der Waals surface area contributed by atoms with E-state index in [2.05, 4.69) is 10.6 Å². The maximum atomic E-state index is 11.4. The third-order valence-corrected chi connectivity index (χ3v) is 1.63. The second-order valence-corrected chi connectivity index (χ2v) is 4.43. The van der Waals surface area contributed by atoms with Crippen molar-refractivity contribution in [2.24, 2.45) is 0 Å². The molecular weight excluding hydrogens is 204 g/mol. The van der Waals surface area contributed by atoms with Gasteiger partial charge in [0.1, 0.15) is 11.9 Å². The number of alkyl halides is 1. The summed E-state index contributed by atoms with van der Waals surface area (Å²) in [5.41, 5.74) is -0.295.